The van der Waals surface area contributed by atoms with E-state index in [9.17, 15) is 5.26 Å². The SMILES string of the molecule is CCCC[P+](CCCC)(CCCC)[B-](C#N)(C(Cl)Cl)C(Cl)Cl. The zero-order chi connectivity index (χ0) is 17.2. The first kappa shape index (κ1) is 23.1. The predicted octanol–water partition coefficient (Wildman–Crippen LogP) is 7.10. The first-order valence-electron chi connectivity index (χ1n) is 8.38. The number of hydrogen-bond donors (Lipinski definition) is 0. The van der Waals surface area contributed by atoms with E-state index in [4.69, 9.17) is 46.4 Å². The normalized spacial score (nSPS) is 12.9. The number of hydrogen-bond acceptors (Lipinski definition) is 1. The molecule has 7 heteroatoms. The highest BCUT2D eigenvalue weighted by Crippen LogP contribution is 2.71. The highest BCUT2D eigenvalue weighted by molar-refractivity contribution is 8.11. The van der Waals surface area contributed by atoms with Crippen molar-refractivity contribution in [3.63, 3.8) is 0 Å². The second-order valence-electron chi connectivity index (χ2n) is 6.20. The summed E-state index contributed by atoms with van der Waals surface area (Å²) in [6.07, 6.45) is 9.66. The minimum absolute atomic E-state index is 0.788. The van der Waals surface area contributed by atoms with Crippen molar-refractivity contribution in [2.75, 3.05) is 18.5 Å². The number of alkyl halides is 4. The molecule has 0 aromatic carbocycles. The maximum Gasteiger partial charge on any atom is 0.323 e. The molecule has 0 atom stereocenters. The van der Waals surface area contributed by atoms with E-state index in [1.54, 1.807) is 0 Å². The first-order chi connectivity index (χ1) is 10.4. The minimum atomic E-state index is -1.84. The molecule has 0 aromatic heterocycles. The van der Waals surface area contributed by atoms with Crippen molar-refractivity contribution in [3.05, 3.63) is 0 Å². The highest BCUT2D eigenvalue weighted by Gasteiger charge is 2.60. The summed E-state index contributed by atoms with van der Waals surface area (Å²) in [4.78, 5) is 0. The molecule has 0 fully saturated rings. The fourth-order valence-corrected chi connectivity index (χ4v) is 13.2. The van der Waals surface area contributed by atoms with Gasteiger partial charge in [0.15, 0.2) is 0 Å². The van der Waals surface area contributed by atoms with E-state index < -0.39 is 22.5 Å². The van der Waals surface area contributed by atoms with Crippen molar-refractivity contribution in [2.24, 2.45) is 0 Å². The monoisotopic (exact) mass is 405 g/mol. The van der Waals surface area contributed by atoms with Crippen molar-refractivity contribution in [1.29, 1.82) is 5.26 Å². The van der Waals surface area contributed by atoms with E-state index >= 15 is 0 Å². The van der Waals surface area contributed by atoms with Gasteiger partial charge in [-0.15, -0.1) is 53.5 Å². The summed E-state index contributed by atoms with van der Waals surface area (Å²) < 4.78 is -1.58. The number of halogens is 4. The summed E-state index contributed by atoms with van der Waals surface area (Å²) in [7, 11) is -1.73. The number of nitriles is 1. The third-order valence-corrected chi connectivity index (χ3v) is 13.2. The molecule has 0 aliphatic carbocycles. The average Bonchev–Trinajstić information content (AvgIpc) is 2.48. The lowest BCUT2D eigenvalue weighted by molar-refractivity contribution is 0.842. The lowest BCUT2D eigenvalue weighted by Gasteiger charge is -2.48. The van der Waals surface area contributed by atoms with Crippen molar-refractivity contribution in [1.82, 2.24) is 0 Å². The van der Waals surface area contributed by atoms with Gasteiger partial charge in [-0.05, 0) is 19.3 Å². The van der Waals surface area contributed by atoms with Crippen LogP contribution in [-0.4, -0.2) is 33.8 Å². The Morgan fingerprint density at radius 1 is 0.818 bits per heavy atom. The predicted molar refractivity (Wildman–Crippen MR) is 109 cm³/mol. The van der Waals surface area contributed by atoms with Crippen LogP contribution >= 0.6 is 53.5 Å². The Labute approximate surface area is 157 Å². The van der Waals surface area contributed by atoms with E-state index in [1.807, 2.05) is 0 Å². The Balaban J connectivity index is 5.94. The molecular weight excluding hydrogens is 378 g/mol. The van der Waals surface area contributed by atoms with Crippen molar-refractivity contribution in [3.8, 4) is 5.97 Å². The molecule has 0 rings (SSSR count). The topological polar surface area (TPSA) is 23.8 Å². The molecule has 22 heavy (non-hydrogen) atoms. The zero-order valence-corrected chi connectivity index (χ0v) is 17.9. The summed E-state index contributed by atoms with van der Waals surface area (Å²) >= 11 is 25.4. The summed E-state index contributed by atoms with van der Waals surface area (Å²) in [6.45, 7) is 6.52. The second-order valence-corrected chi connectivity index (χ2v) is 13.2. The van der Waals surface area contributed by atoms with Gasteiger partial charge < -0.3 is 0 Å². The number of rotatable bonds is 12. The van der Waals surface area contributed by atoms with Crippen LogP contribution in [0.3, 0.4) is 0 Å². The van der Waals surface area contributed by atoms with Gasteiger partial charge in [0.2, 0.25) is 0 Å². The van der Waals surface area contributed by atoms with Gasteiger partial charge >= 0.3 is 5.87 Å². The van der Waals surface area contributed by atoms with Crippen LogP contribution in [0.15, 0.2) is 0 Å². The van der Waals surface area contributed by atoms with E-state index in [1.165, 1.54) is 0 Å². The Morgan fingerprint density at radius 3 is 1.32 bits per heavy atom. The maximum absolute atomic E-state index is 10.0. The van der Waals surface area contributed by atoms with Gasteiger partial charge in [0.05, 0.1) is 0 Å². The van der Waals surface area contributed by atoms with Crippen molar-refractivity contribution in [2.45, 2.75) is 68.8 Å². The summed E-state index contributed by atoms with van der Waals surface area (Å²) in [5.74, 6) is 0.631. The molecule has 0 N–H and O–H groups in total. The Bertz CT molecular complexity index is 317. The Hall–Kier alpha value is 1.14. The second kappa shape index (κ2) is 11.7. The largest absolute Gasteiger partial charge is 0.323 e. The molecule has 0 aliphatic heterocycles. The number of nitrogens with zero attached hydrogens (tertiary/aromatic N) is 1. The third-order valence-electron chi connectivity index (χ3n) is 4.75. The van der Waals surface area contributed by atoms with E-state index in [0.717, 1.165) is 57.0 Å². The van der Waals surface area contributed by atoms with Crippen LogP contribution in [0.25, 0.3) is 0 Å². The molecule has 0 bridgehead atoms. The van der Waals surface area contributed by atoms with Gasteiger partial charge in [0.25, 0.3) is 0 Å². The van der Waals surface area contributed by atoms with Crippen LogP contribution in [-0.2, 0) is 0 Å². The molecule has 0 spiro atoms. The van der Waals surface area contributed by atoms with Gasteiger partial charge in [-0.3, -0.25) is 0 Å². The van der Waals surface area contributed by atoms with Crippen molar-refractivity contribution < 1.29 is 0 Å². The maximum atomic E-state index is 10.0. The lowest BCUT2D eigenvalue weighted by atomic mass is 9.52. The Kier molecular flexibility index (Phi) is 12.3. The summed E-state index contributed by atoms with van der Waals surface area (Å²) in [6, 6.07) is 0. The highest BCUT2D eigenvalue weighted by atomic mass is 35.5. The Morgan fingerprint density at radius 2 is 1.14 bits per heavy atom. The first-order valence-corrected chi connectivity index (χ1v) is 12.5. The van der Waals surface area contributed by atoms with E-state index in [0.29, 0.717) is 0 Å². The summed E-state index contributed by atoms with van der Waals surface area (Å²) in [5.41, 5.74) is 0. The van der Waals surface area contributed by atoms with Gasteiger partial charge in [-0.25, -0.2) is 5.26 Å². The molecule has 0 unspecified atom stereocenters. The van der Waals surface area contributed by atoms with Gasteiger partial charge in [-0.1, -0.05) is 46.0 Å². The van der Waals surface area contributed by atoms with Crippen LogP contribution < -0.4 is 0 Å². The average molecular weight is 407 g/mol. The van der Waals surface area contributed by atoms with Crippen LogP contribution in [0.2, 0.25) is 0 Å². The molecule has 1 nitrogen and oxygen atoms in total. The third kappa shape index (κ3) is 5.32. The van der Waals surface area contributed by atoms with Crippen LogP contribution in [0, 0.1) is 11.2 Å². The van der Waals surface area contributed by atoms with Gasteiger partial charge in [0.1, 0.15) is 0 Å². The molecule has 0 heterocycles. The standard InChI is InChI=1S/C15H29BCl4NP/c1-4-7-10-22(11-8-5-2,12-9-6-3)16(13-21,14(17)18)15(19)20/h14-15H,4-12H2,1-3H3. The van der Waals surface area contributed by atoms with Gasteiger partial charge in [-0.2, -0.15) is 0 Å². The fourth-order valence-electron chi connectivity index (χ4n) is 3.22. The molecule has 0 saturated carbocycles. The quantitative estimate of drug-likeness (QED) is 0.192. The van der Waals surface area contributed by atoms with Gasteiger partial charge in [0, 0.05) is 28.0 Å². The minimum Gasteiger partial charge on any atom is -0.245 e. The van der Waals surface area contributed by atoms with E-state index in [2.05, 4.69) is 26.7 Å². The molecule has 0 saturated heterocycles. The number of unbranched alkanes of at least 4 members (excludes halogenated alkanes) is 3. The molecule has 0 aromatic rings. The smallest absolute Gasteiger partial charge is 0.245 e. The van der Waals surface area contributed by atoms with Crippen LogP contribution in [0.1, 0.15) is 59.3 Å². The van der Waals surface area contributed by atoms with Crippen LogP contribution in [0.5, 0.6) is 0 Å². The molecule has 0 aliphatic rings. The van der Waals surface area contributed by atoms with Crippen molar-refractivity contribution >= 4 is 59.4 Å². The van der Waals surface area contributed by atoms with E-state index in [-0.39, 0.29) is 0 Å². The lowest BCUT2D eigenvalue weighted by Crippen LogP contribution is -2.53. The molecular formula is C15H29BCl4NP. The molecule has 0 radical (unpaired) electrons. The summed E-state index contributed by atoms with van der Waals surface area (Å²) in [5, 5.41) is 10.0. The van der Waals surface area contributed by atoms with Crippen LogP contribution in [0.4, 0.5) is 0 Å². The molecule has 130 valence electrons. The fraction of sp³-hybridized carbons (Fsp3) is 0.933. The molecule has 0 amide bonds. The zero-order valence-electron chi connectivity index (χ0n) is 14.0.